The number of carbonyl (C=O) groups excluding carboxylic acids is 1. The molecule has 168 valence electrons. The van der Waals surface area contributed by atoms with Gasteiger partial charge in [-0.05, 0) is 48.4 Å². The lowest BCUT2D eigenvalue weighted by molar-refractivity contribution is 0.0667. The molecule has 1 aliphatic heterocycles. The summed E-state index contributed by atoms with van der Waals surface area (Å²) in [6.07, 6.45) is 0.730. The number of ether oxygens (including phenoxy) is 3. The molecule has 0 aromatic heterocycles. The Labute approximate surface area is 194 Å². The molecule has 1 fully saturated rings. The molecule has 0 spiro atoms. The molecule has 0 amide bonds. The van der Waals surface area contributed by atoms with E-state index in [9.17, 15) is 4.79 Å². The van der Waals surface area contributed by atoms with E-state index in [4.69, 9.17) is 25.8 Å². The fourth-order valence-corrected chi connectivity index (χ4v) is 4.34. The van der Waals surface area contributed by atoms with Gasteiger partial charge in [-0.1, -0.05) is 11.6 Å². The number of carbonyl (C=O) groups is 1. The van der Waals surface area contributed by atoms with Crippen LogP contribution in [0.1, 0.15) is 15.9 Å². The molecule has 0 bridgehead atoms. The van der Waals surface area contributed by atoms with E-state index in [0.29, 0.717) is 23.1 Å². The molecular weight excluding hydrogens is 439 g/mol. The molecule has 4 rings (SSSR count). The Hall–Kier alpha value is -1.99. The summed E-state index contributed by atoms with van der Waals surface area (Å²) in [6, 6.07) is 11.1. The smallest absolute Gasteiger partial charge is 0.180 e. The van der Waals surface area contributed by atoms with Crippen molar-refractivity contribution >= 4 is 29.8 Å². The zero-order valence-electron chi connectivity index (χ0n) is 17.8. The molecule has 31 heavy (non-hydrogen) atoms. The molecule has 0 N–H and O–H groups in total. The van der Waals surface area contributed by atoms with Crippen LogP contribution in [0.4, 0.5) is 0 Å². The molecule has 0 saturated carbocycles. The van der Waals surface area contributed by atoms with E-state index in [1.165, 1.54) is 0 Å². The van der Waals surface area contributed by atoms with Crippen LogP contribution in [0.5, 0.6) is 17.2 Å². The van der Waals surface area contributed by atoms with E-state index in [0.717, 1.165) is 56.0 Å². The van der Waals surface area contributed by atoms with Crippen LogP contribution in [0, 0.1) is 0 Å². The fraction of sp³-hybridized carbons (Fsp3) is 0.435. The van der Waals surface area contributed by atoms with Crippen LogP contribution in [0.15, 0.2) is 36.4 Å². The number of benzene rings is 2. The third kappa shape index (κ3) is 5.26. The van der Waals surface area contributed by atoms with Gasteiger partial charge in [0.15, 0.2) is 17.3 Å². The lowest BCUT2D eigenvalue weighted by Crippen LogP contribution is -2.52. The average molecular weight is 467 g/mol. The van der Waals surface area contributed by atoms with Gasteiger partial charge in [-0.15, -0.1) is 12.4 Å². The van der Waals surface area contributed by atoms with Crippen molar-refractivity contribution in [3.8, 4) is 17.2 Å². The Kier molecular flexibility index (Phi) is 8.06. The topological polar surface area (TPSA) is 51.2 Å². The molecule has 1 heterocycles. The fourth-order valence-electron chi connectivity index (χ4n) is 4.22. The van der Waals surface area contributed by atoms with Crippen molar-refractivity contribution in [3.05, 3.63) is 52.5 Å². The van der Waals surface area contributed by atoms with Gasteiger partial charge in [0.05, 0.1) is 20.3 Å². The quantitative estimate of drug-likeness (QED) is 0.621. The van der Waals surface area contributed by atoms with Crippen LogP contribution in [0.25, 0.3) is 0 Å². The van der Waals surface area contributed by atoms with Crippen molar-refractivity contribution in [2.45, 2.75) is 12.5 Å². The summed E-state index contributed by atoms with van der Waals surface area (Å²) in [6.45, 7) is 5.10. The summed E-state index contributed by atoms with van der Waals surface area (Å²) in [5, 5.41) is 0.707. The van der Waals surface area contributed by atoms with Gasteiger partial charge in [0.1, 0.15) is 12.4 Å². The van der Waals surface area contributed by atoms with Crippen LogP contribution in [0.2, 0.25) is 5.02 Å². The Morgan fingerprint density at radius 1 is 1.00 bits per heavy atom. The van der Waals surface area contributed by atoms with Crippen LogP contribution in [-0.4, -0.2) is 75.2 Å². The highest BCUT2D eigenvalue weighted by Gasteiger charge is 2.37. The van der Waals surface area contributed by atoms with Gasteiger partial charge in [-0.25, -0.2) is 0 Å². The first-order chi connectivity index (χ1) is 14.6. The van der Waals surface area contributed by atoms with Gasteiger partial charge >= 0.3 is 0 Å². The largest absolute Gasteiger partial charge is 0.493 e. The Morgan fingerprint density at radius 2 is 1.65 bits per heavy atom. The molecule has 0 radical (unpaired) electrons. The molecule has 1 atom stereocenters. The molecular formula is C23H28Cl2N2O4. The van der Waals surface area contributed by atoms with Crippen molar-refractivity contribution in [2.24, 2.45) is 0 Å². The first-order valence-corrected chi connectivity index (χ1v) is 10.6. The first kappa shape index (κ1) is 23.7. The Balaban J connectivity index is 0.00000272. The highest BCUT2D eigenvalue weighted by Crippen LogP contribution is 2.36. The number of hydrogen-bond acceptors (Lipinski definition) is 6. The minimum atomic E-state index is -0.0933. The number of halogens is 2. The van der Waals surface area contributed by atoms with Crippen LogP contribution in [0.3, 0.4) is 0 Å². The molecule has 6 nitrogen and oxygen atoms in total. The van der Waals surface area contributed by atoms with E-state index < -0.39 is 0 Å². The number of ketones is 1. The van der Waals surface area contributed by atoms with Crippen molar-refractivity contribution in [2.75, 3.05) is 53.6 Å². The number of piperazine rings is 1. The number of rotatable bonds is 7. The van der Waals surface area contributed by atoms with Crippen LogP contribution >= 0.6 is 24.0 Å². The van der Waals surface area contributed by atoms with E-state index in [1.54, 1.807) is 14.2 Å². The third-order valence-corrected chi connectivity index (χ3v) is 6.18. The molecule has 1 unspecified atom stereocenters. The summed E-state index contributed by atoms with van der Waals surface area (Å²) in [5.74, 6) is 2.30. The summed E-state index contributed by atoms with van der Waals surface area (Å²) < 4.78 is 16.6. The number of fused-ring (bicyclic) bond motifs is 1. The second kappa shape index (κ2) is 10.6. The maximum atomic E-state index is 13.0. The molecule has 2 aliphatic rings. The van der Waals surface area contributed by atoms with Gasteiger partial charge in [0, 0.05) is 43.3 Å². The summed E-state index contributed by atoms with van der Waals surface area (Å²) >= 11 is 5.90. The molecule has 8 heteroatoms. The second-order valence-electron chi connectivity index (χ2n) is 7.63. The molecule has 1 aliphatic carbocycles. The third-order valence-electron chi connectivity index (χ3n) is 5.93. The number of nitrogens with zero attached hydrogens (tertiary/aromatic N) is 2. The predicted molar refractivity (Wildman–Crippen MR) is 124 cm³/mol. The highest BCUT2D eigenvalue weighted by molar-refractivity contribution is 6.30. The van der Waals surface area contributed by atoms with Crippen LogP contribution in [-0.2, 0) is 6.42 Å². The molecule has 1 saturated heterocycles. The monoisotopic (exact) mass is 466 g/mol. The Morgan fingerprint density at radius 3 is 2.29 bits per heavy atom. The lowest BCUT2D eigenvalue weighted by atomic mass is 10.1. The van der Waals surface area contributed by atoms with Gasteiger partial charge < -0.3 is 14.2 Å². The maximum absolute atomic E-state index is 13.0. The van der Waals surface area contributed by atoms with Crippen molar-refractivity contribution in [3.63, 3.8) is 0 Å². The number of Topliss-reactive ketones (excluding diaryl/α,β-unsaturated/α-hetero) is 1. The standard InChI is InChI=1S/C23H27ClN2O4.ClH/c1-28-21-14-16-13-20(23(27)19(16)15-22(21)29-2)26-9-7-25(8-10-26)11-12-30-18-5-3-17(24)4-6-18;/h3-6,14-15,20H,7-13H2,1-2H3;1H. The summed E-state index contributed by atoms with van der Waals surface area (Å²) in [4.78, 5) is 17.7. The minimum absolute atomic E-state index is 0. The van der Waals surface area contributed by atoms with Crippen molar-refractivity contribution in [1.29, 1.82) is 0 Å². The Bertz CT molecular complexity index is 899. The van der Waals surface area contributed by atoms with Crippen LogP contribution < -0.4 is 14.2 Å². The number of methoxy groups -OCH3 is 2. The SMILES string of the molecule is COc1cc2c(cc1OC)C(=O)C(N1CCN(CCOc3ccc(Cl)cc3)CC1)C2.Cl. The highest BCUT2D eigenvalue weighted by atomic mass is 35.5. The predicted octanol–water partition coefficient (Wildman–Crippen LogP) is 3.58. The van der Waals surface area contributed by atoms with E-state index in [2.05, 4.69) is 9.80 Å². The van der Waals surface area contributed by atoms with Gasteiger partial charge in [-0.2, -0.15) is 0 Å². The van der Waals surface area contributed by atoms with Crippen molar-refractivity contribution in [1.82, 2.24) is 9.80 Å². The maximum Gasteiger partial charge on any atom is 0.180 e. The average Bonchev–Trinajstić information content (AvgIpc) is 3.10. The van der Waals surface area contributed by atoms with Gasteiger partial charge in [0.2, 0.25) is 0 Å². The first-order valence-electron chi connectivity index (χ1n) is 10.2. The lowest BCUT2D eigenvalue weighted by Gasteiger charge is -2.37. The summed E-state index contributed by atoms with van der Waals surface area (Å²) in [5.41, 5.74) is 1.80. The van der Waals surface area contributed by atoms with E-state index >= 15 is 0 Å². The molecule has 2 aromatic rings. The zero-order chi connectivity index (χ0) is 21.1. The number of hydrogen-bond donors (Lipinski definition) is 0. The minimum Gasteiger partial charge on any atom is -0.493 e. The second-order valence-corrected chi connectivity index (χ2v) is 8.06. The van der Waals surface area contributed by atoms with Crippen molar-refractivity contribution < 1.29 is 19.0 Å². The van der Waals surface area contributed by atoms with E-state index in [-0.39, 0.29) is 24.2 Å². The van der Waals surface area contributed by atoms with Gasteiger partial charge in [-0.3, -0.25) is 14.6 Å². The van der Waals surface area contributed by atoms with E-state index in [1.807, 2.05) is 36.4 Å². The molecule has 2 aromatic carbocycles. The normalized spacial score (nSPS) is 18.9. The zero-order valence-corrected chi connectivity index (χ0v) is 19.4. The van der Waals surface area contributed by atoms with Gasteiger partial charge in [0.25, 0.3) is 0 Å². The summed E-state index contributed by atoms with van der Waals surface area (Å²) in [7, 11) is 3.21.